The maximum atomic E-state index is 3.77. The molecular formula is C9H18N2. The van der Waals surface area contributed by atoms with E-state index >= 15 is 0 Å². The van der Waals surface area contributed by atoms with E-state index < -0.39 is 0 Å². The fourth-order valence-corrected chi connectivity index (χ4v) is 1.63. The molecule has 2 nitrogen and oxygen atoms in total. The lowest BCUT2D eigenvalue weighted by molar-refractivity contribution is 0.241. The van der Waals surface area contributed by atoms with Crippen LogP contribution in [0.5, 0.6) is 0 Å². The second kappa shape index (κ2) is 4.39. The largest absolute Gasteiger partial charge is 0.378 e. The Kier molecular flexibility index (Phi) is 3.43. The molecule has 1 aliphatic rings. The molecule has 64 valence electrons. The predicted octanol–water partition coefficient (Wildman–Crippen LogP) is 1.06. The normalized spacial score (nSPS) is 20.3. The third kappa shape index (κ3) is 2.54. The van der Waals surface area contributed by atoms with Crippen LogP contribution >= 0.6 is 0 Å². The highest BCUT2D eigenvalue weighted by atomic mass is 15.1. The van der Waals surface area contributed by atoms with Crippen LogP contribution in [0.4, 0.5) is 0 Å². The van der Waals surface area contributed by atoms with Gasteiger partial charge in [0.05, 0.1) is 0 Å². The van der Waals surface area contributed by atoms with E-state index in [1.165, 1.54) is 32.5 Å². The van der Waals surface area contributed by atoms with Gasteiger partial charge in [-0.2, -0.15) is 0 Å². The summed E-state index contributed by atoms with van der Waals surface area (Å²) in [6.07, 6.45) is 4.58. The minimum absolute atomic E-state index is 0.885. The molecule has 0 radical (unpaired) electrons. The second-order valence-electron chi connectivity index (χ2n) is 3.22. The van der Waals surface area contributed by atoms with Crippen molar-refractivity contribution in [1.29, 1.82) is 0 Å². The molecule has 1 heterocycles. The van der Waals surface area contributed by atoms with Gasteiger partial charge in [0.1, 0.15) is 0 Å². The highest BCUT2D eigenvalue weighted by Gasteiger charge is 2.15. The fraction of sp³-hybridized carbons (Fsp3) is 0.778. The van der Waals surface area contributed by atoms with Crippen molar-refractivity contribution in [2.24, 2.45) is 5.92 Å². The molecule has 0 aliphatic carbocycles. The zero-order valence-corrected chi connectivity index (χ0v) is 7.34. The lowest BCUT2D eigenvalue weighted by atomic mass is 9.97. The van der Waals surface area contributed by atoms with Crippen LogP contribution in [-0.4, -0.2) is 31.6 Å². The minimum Gasteiger partial charge on any atom is -0.378 e. The maximum absolute atomic E-state index is 3.77. The van der Waals surface area contributed by atoms with E-state index in [0.29, 0.717) is 0 Å². The number of nitrogens with one attached hydrogen (secondary N) is 1. The van der Waals surface area contributed by atoms with Crippen LogP contribution < -0.4 is 5.32 Å². The van der Waals surface area contributed by atoms with Crippen molar-refractivity contribution in [3.63, 3.8) is 0 Å². The summed E-state index contributed by atoms with van der Waals surface area (Å²) in [6.45, 7) is 7.32. The second-order valence-corrected chi connectivity index (χ2v) is 3.22. The van der Waals surface area contributed by atoms with Gasteiger partial charge < -0.3 is 10.2 Å². The van der Waals surface area contributed by atoms with Gasteiger partial charge in [0, 0.05) is 13.1 Å². The summed E-state index contributed by atoms with van der Waals surface area (Å²) in [6, 6.07) is 0. The third-order valence-electron chi connectivity index (χ3n) is 2.40. The van der Waals surface area contributed by atoms with Crippen LogP contribution in [0, 0.1) is 5.92 Å². The lowest BCUT2D eigenvalue weighted by Crippen LogP contribution is -2.33. The molecule has 2 heteroatoms. The van der Waals surface area contributed by atoms with E-state index in [0.717, 1.165) is 5.92 Å². The molecule has 1 saturated heterocycles. The number of piperidine rings is 1. The Labute approximate surface area is 69.3 Å². The Morgan fingerprint density at radius 3 is 2.64 bits per heavy atom. The van der Waals surface area contributed by atoms with E-state index in [4.69, 9.17) is 0 Å². The summed E-state index contributed by atoms with van der Waals surface area (Å²) in [5.41, 5.74) is 0. The van der Waals surface area contributed by atoms with Crippen LogP contribution in [0.3, 0.4) is 0 Å². The lowest BCUT2D eigenvalue weighted by Gasteiger charge is -2.30. The van der Waals surface area contributed by atoms with Crippen LogP contribution in [0.1, 0.15) is 12.8 Å². The highest BCUT2D eigenvalue weighted by molar-refractivity contribution is 4.79. The molecule has 0 aromatic heterocycles. The van der Waals surface area contributed by atoms with Crippen molar-refractivity contribution in [1.82, 2.24) is 10.2 Å². The molecule has 0 amide bonds. The number of hydrogen-bond donors (Lipinski definition) is 1. The summed E-state index contributed by atoms with van der Waals surface area (Å²) >= 11 is 0. The average molecular weight is 154 g/mol. The first-order chi connectivity index (χ1) is 5.36. The van der Waals surface area contributed by atoms with Crippen molar-refractivity contribution < 1.29 is 0 Å². The number of hydrogen-bond acceptors (Lipinski definition) is 2. The molecule has 0 atom stereocenters. The zero-order chi connectivity index (χ0) is 8.10. The van der Waals surface area contributed by atoms with E-state index in [1.807, 2.05) is 13.2 Å². The smallest absolute Gasteiger partial charge is 0.0175 e. The molecule has 1 fully saturated rings. The van der Waals surface area contributed by atoms with Crippen LogP contribution in [0.2, 0.25) is 0 Å². The molecule has 1 aliphatic heterocycles. The minimum atomic E-state index is 0.885. The number of rotatable bonds is 3. The molecule has 11 heavy (non-hydrogen) atoms. The topological polar surface area (TPSA) is 15.3 Å². The van der Waals surface area contributed by atoms with Crippen molar-refractivity contribution in [2.75, 3.05) is 26.7 Å². The standard InChI is InChI=1S/C9H18N2/c1-3-11-6-4-9(5-7-11)8-10-2/h3,9-10H,1,4-8H2,2H3. The quantitative estimate of drug-likeness (QED) is 0.654. The van der Waals surface area contributed by atoms with Gasteiger partial charge in [-0.1, -0.05) is 6.58 Å². The first-order valence-corrected chi connectivity index (χ1v) is 4.38. The summed E-state index contributed by atoms with van der Waals surface area (Å²) < 4.78 is 0. The van der Waals surface area contributed by atoms with E-state index in [-0.39, 0.29) is 0 Å². The van der Waals surface area contributed by atoms with E-state index in [1.54, 1.807) is 0 Å². The average Bonchev–Trinajstić information content (AvgIpc) is 2.07. The van der Waals surface area contributed by atoms with Gasteiger partial charge in [0.15, 0.2) is 0 Å². The Bertz CT molecular complexity index is 115. The van der Waals surface area contributed by atoms with E-state index in [9.17, 15) is 0 Å². The molecule has 0 spiro atoms. The van der Waals surface area contributed by atoms with Crippen LogP contribution in [-0.2, 0) is 0 Å². The van der Waals surface area contributed by atoms with Crippen molar-refractivity contribution in [2.45, 2.75) is 12.8 Å². The molecule has 0 aromatic carbocycles. The summed E-state index contributed by atoms with van der Waals surface area (Å²) in [5, 5.41) is 3.23. The SMILES string of the molecule is C=CN1CCC(CNC)CC1. The van der Waals surface area contributed by atoms with Crippen molar-refractivity contribution in [3.8, 4) is 0 Å². The molecule has 1 N–H and O–H groups in total. The fourth-order valence-electron chi connectivity index (χ4n) is 1.63. The summed E-state index contributed by atoms with van der Waals surface area (Å²) in [7, 11) is 2.03. The van der Waals surface area contributed by atoms with Gasteiger partial charge in [0.2, 0.25) is 0 Å². The first-order valence-electron chi connectivity index (χ1n) is 4.38. The van der Waals surface area contributed by atoms with Gasteiger partial charge in [-0.05, 0) is 38.6 Å². The van der Waals surface area contributed by atoms with Crippen molar-refractivity contribution in [3.05, 3.63) is 12.8 Å². The van der Waals surface area contributed by atoms with Gasteiger partial charge in [0.25, 0.3) is 0 Å². The zero-order valence-electron chi connectivity index (χ0n) is 7.34. The first kappa shape index (κ1) is 8.60. The van der Waals surface area contributed by atoms with Gasteiger partial charge in [-0.3, -0.25) is 0 Å². The van der Waals surface area contributed by atoms with E-state index in [2.05, 4.69) is 16.8 Å². The predicted molar refractivity (Wildman–Crippen MR) is 48.4 cm³/mol. The molecule has 0 bridgehead atoms. The van der Waals surface area contributed by atoms with Crippen molar-refractivity contribution >= 4 is 0 Å². The number of nitrogens with zero attached hydrogens (tertiary/aromatic N) is 1. The summed E-state index contributed by atoms with van der Waals surface area (Å²) in [5.74, 6) is 0.885. The summed E-state index contributed by atoms with van der Waals surface area (Å²) in [4.78, 5) is 2.30. The number of likely N-dealkylation sites (tertiary alicyclic amines) is 1. The Morgan fingerprint density at radius 2 is 2.18 bits per heavy atom. The van der Waals surface area contributed by atoms with Gasteiger partial charge in [-0.15, -0.1) is 0 Å². The van der Waals surface area contributed by atoms with Crippen LogP contribution in [0.25, 0.3) is 0 Å². The Balaban J connectivity index is 2.18. The third-order valence-corrected chi connectivity index (χ3v) is 2.40. The van der Waals surface area contributed by atoms with Gasteiger partial charge >= 0.3 is 0 Å². The highest BCUT2D eigenvalue weighted by Crippen LogP contribution is 2.15. The molecule has 0 aromatic rings. The van der Waals surface area contributed by atoms with Crippen LogP contribution in [0.15, 0.2) is 12.8 Å². The maximum Gasteiger partial charge on any atom is 0.0175 e. The Morgan fingerprint density at radius 1 is 1.55 bits per heavy atom. The molecule has 1 rings (SSSR count). The Hall–Kier alpha value is -0.500. The molecule has 0 saturated carbocycles. The molecule has 0 unspecified atom stereocenters. The monoisotopic (exact) mass is 154 g/mol. The van der Waals surface area contributed by atoms with Gasteiger partial charge in [-0.25, -0.2) is 0 Å². The molecular weight excluding hydrogens is 136 g/mol.